The first-order valence-corrected chi connectivity index (χ1v) is 8.55. The number of anilines is 1. The molecule has 0 aliphatic heterocycles. The Hall–Kier alpha value is -3.77. The summed E-state index contributed by atoms with van der Waals surface area (Å²) in [6, 6.07) is -0.627. The number of nitrogens with one attached hydrogen (secondary N) is 1. The fourth-order valence-corrected chi connectivity index (χ4v) is 2.74. The van der Waals surface area contributed by atoms with Crippen LogP contribution in [0.1, 0.15) is 24.9 Å². The summed E-state index contributed by atoms with van der Waals surface area (Å²) < 4.78 is 56.1. The summed E-state index contributed by atoms with van der Waals surface area (Å²) in [4.78, 5) is 22.6. The SMILES string of the molecule is CCC(C(=O)Nc1cnn(Cc2c(F)cc(F)c(F)c2F)c1)n1cc([N+](=O)[O-])cn1. The lowest BCUT2D eigenvalue weighted by Crippen LogP contribution is -2.25. The van der Waals surface area contributed by atoms with Crippen LogP contribution >= 0.6 is 0 Å². The van der Waals surface area contributed by atoms with Crippen LogP contribution in [0, 0.1) is 33.4 Å². The predicted molar refractivity (Wildman–Crippen MR) is 94.4 cm³/mol. The molecule has 0 bridgehead atoms. The Morgan fingerprint density at radius 2 is 1.90 bits per heavy atom. The molecule has 158 valence electrons. The van der Waals surface area contributed by atoms with Gasteiger partial charge in [0.25, 0.3) is 0 Å². The zero-order valence-electron chi connectivity index (χ0n) is 15.4. The van der Waals surface area contributed by atoms with E-state index in [9.17, 15) is 32.5 Å². The van der Waals surface area contributed by atoms with Gasteiger partial charge in [0, 0.05) is 17.8 Å². The van der Waals surface area contributed by atoms with E-state index in [1.165, 1.54) is 12.4 Å². The molecular formula is C17H14F4N6O3. The van der Waals surface area contributed by atoms with Crippen molar-refractivity contribution >= 4 is 17.3 Å². The predicted octanol–water partition coefficient (Wildman–Crippen LogP) is 3.18. The van der Waals surface area contributed by atoms with Gasteiger partial charge in [-0.25, -0.2) is 17.6 Å². The maximum Gasteiger partial charge on any atom is 0.307 e. The summed E-state index contributed by atoms with van der Waals surface area (Å²) in [5.74, 6) is -6.95. The number of amides is 1. The van der Waals surface area contributed by atoms with Crippen molar-refractivity contribution in [2.75, 3.05) is 5.32 Å². The number of hydrogen-bond donors (Lipinski definition) is 1. The topological polar surface area (TPSA) is 108 Å². The first-order valence-electron chi connectivity index (χ1n) is 8.55. The first kappa shape index (κ1) is 21.0. The number of carbonyl (C=O) groups excluding carboxylic acids is 1. The average Bonchev–Trinajstić information content (AvgIpc) is 3.34. The van der Waals surface area contributed by atoms with Crippen molar-refractivity contribution in [3.05, 3.63) is 69.8 Å². The van der Waals surface area contributed by atoms with Crippen LogP contribution in [0.5, 0.6) is 0 Å². The number of aromatic nitrogens is 4. The summed E-state index contributed by atoms with van der Waals surface area (Å²) >= 11 is 0. The van der Waals surface area contributed by atoms with Crippen LogP contribution in [-0.2, 0) is 11.3 Å². The van der Waals surface area contributed by atoms with Gasteiger partial charge in [0.05, 0.1) is 23.4 Å². The van der Waals surface area contributed by atoms with Crippen LogP contribution in [0.4, 0.5) is 28.9 Å². The molecule has 9 nitrogen and oxygen atoms in total. The average molecular weight is 426 g/mol. The lowest BCUT2D eigenvalue weighted by atomic mass is 10.2. The lowest BCUT2D eigenvalue weighted by Gasteiger charge is -2.14. The molecule has 2 aromatic heterocycles. The summed E-state index contributed by atoms with van der Waals surface area (Å²) in [6.07, 6.45) is 4.82. The van der Waals surface area contributed by atoms with Crippen LogP contribution in [0.3, 0.4) is 0 Å². The van der Waals surface area contributed by atoms with Gasteiger partial charge in [-0.1, -0.05) is 6.92 Å². The van der Waals surface area contributed by atoms with E-state index in [0.717, 1.165) is 21.8 Å². The number of benzene rings is 1. The smallest absolute Gasteiger partial charge is 0.307 e. The minimum Gasteiger partial charge on any atom is -0.322 e. The van der Waals surface area contributed by atoms with Crippen LogP contribution in [-0.4, -0.2) is 30.4 Å². The Kier molecular flexibility index (Phi) is 5.80. The van der Waals surface area contributed by atoms with Crippen molar-refractivity contribution < 1.29 is 27.3 Å². The maximum atomic E-state index is 13.8. The van der Waals surface area contributed by atoms with Crippen LogP contribution in [0.15, 0.2) is 30.9 Å². The van der Waals surface area contributed by atoms with Gasteiger partial charge < -0.3 is 5.32 Å². The van der Waals surface area contributed by atoms with Crippen molar-refractivity contribution in [3.63, 3.8) is 0 Å². The first-order chi connectivity index (χ1) is 14.2. The third-order valence-corrected chi connectivity index (χ3v) is 4.24. The summed E-state index contributed by atoms with van der Waals surface area (Å²) in [7, 11) is 0. The normalized spacial score (nSPS) is 12.0. The van der Waals surface area contributed by atoms with E-state index in [2.05, 4.69) is 15.5 Å². The molecule has 3 aromatic rings. The summed E-state index contributed by atoms with van der Waals surface area (Å²) in [5.41, 5.74) is -0.849. The Morgan fingerprint density at radius 3 is 2.53 bits per heavy atom. The van der Waals surface area contributed by atoms with E-state index in [1.54, 1.807) is 6.92 Å². The second kappa shape index (κ2) is 8.31. The number of hydrogen-bond acceptors (Lipinski definition) is 5. The summed E-state index contributed by atoms with van der Waals surface area (Å²) in [6.45, 7) is 1.13. The largest absolute Gasteiger partial charge is 0.322 e. The van der Waals surface area contributed by atoms with Crippen LogP contribution in [0.2, 0.25) is 0 Å². The minimum atomic E-state index is -1.80. The molecule has 0 spiro atoms. The Balaban J connectivity index is 1.74. The van der Waals surface area contributed by atoms with Gasteiger partial charge in [0.15, 0.2) is 17.5 Å². The number of rotatable bonds is 7. The molecule has 0 fully saturated rings. The van der Waals surface area contributed by atoms with Crippen molar-refractivity contribution in [2.45, 2.75) is 25.9 Å². The Labute approximate surface area is 166 Å². The van der Waals surface area contributed by atoms with Gasteiger partial charge in [-0.2, -0.15) is 10.2 Å². The Morgan fingerprint density at radius 1 is 1.17 bits per heavy atom. The third-order valence-electron chi connectivity index (χ3n) is 4.24. The molecule has 1 atom stereocenters. The molecule has 1 aromatic carbocycles. The Bertz CT molecular complexity index is 1110. The fourth-order valence-electron chi connectivity index (χ4n) is 2.74. The maximum absolute atomic E-state index is 13.8. The second-order valence-electron chi connectivity index (χ2n) is 6.22. The second-order valence-corrected chi connectivity index (χ2v) is 6.22. The van der Waals surface area contributed by atoms with E-state index < -0.39 is 52.2 Å². The van der Waals surface area contributed by atoms with Gasteiger partial charge in [-0.05, 0) is 6.42 Å². The molecular weight excluding hydrogens is 412 g/mol. The highest BCUT2D eigenvalue weighted by molar-refractivity contribution is 5.93. The molecule has 0 saturated heterocycles. The summed E-state index contributed by atoms with van der Waals surface area (Å²) in [5, 5.41) is 20.9. The molecule has 1 N–H and O–H groups in total. The van der Waals surface area contributed by atoms with Crippen LogP contribution < -0.4 is 5.32 Å². The molecule has 13 heteroatoms. The quantitative estimate of drug-likeness (QED) is 0.205. The third kappa shape index (κ3) is 4.14. The van der Waals surface area contributed by atoms with Crippen molar-refractivity contribution in [1.82, 2.24) is 19.6 Å². The highest BCUT2D eigenvalue weighted by Gasteiger charge is 2.23. The number of nitro groups is 1. The number of nitrogens with zero attached hydrogens (tertiary/aromatic N) is 5. The highest BCUT2D eigenvalue weighted by atomic mass is 19.2. The van der Waals surface area contributed by atoms with Gasteiger partial charge in [0.2, 0.25) is 5.91 Å². The van der Waals surface area contributed by atoms with Crippen molar-refractivity contribution in [2.24, 2.45) is 0 Å². The van der Waals surface area contributed by atoms with E-state index in [-0.39, 0.29) is 23.9 Å². The lowest BCUT2D eigenvalue weighted by molar-refractivity contribution is -0.385. The van der Waals surface area contributed by atoms with Crippen molar-refractivity contribution in [1.29, 1.82) is 0 Å². The standard InChI is InChI=1S/C17H14F4N6O3/c1-2-14(26-7-10(5-23-26)27(29)30)17(28)24-9-4-22-25(6-9)8-11-12(18)3-13(19)16(21)15(11)20/h3-7,14H,2,8H2,1H3,(H,24,28). The van der Waals surface area contributed by atoms with E-state index >= 15 is 0 Å². The molecule has 0 saturated carbocycles. The molecule has 30 heavy (non-hydrogen) atoms. The van der Waals surface area contributed by atoms with Gasteiger partial charge >= 0.3 is 5.69 Å². The van der Waals surface area contributed by atoms with Crippen LogP contribution in [0.25, 0.3) is 0 Å². The zero-order chi connectivity index (χ0) is 22.0. The monoisotopic (exact) mass is 426 g/mol. The zero-order valence-corrected chi connectivity index (χ0v) is 15.4. The number of halogens is 4. The molecule has 1 amide bonds. The minimum absolute atomic E-state index is 0.156. The van der Waals surface area contributed by atoms with Gasteiger partial charge in [-0.3, -0.25) is 24.3 Å². The van der Waals surface area contributed by atoms with E-state index in [0.29, 0.717) is 0 Å². The van der Waals surface area contributed by atoms with Gasteiger partial charge in [-0.15, -0.1) is 0 Å². The molecule has 2 heterocycles. The highest BCUT2D eigenvalue weighted by Crippen LogP contribution is 2.21. The molecule has 0 radical (unpaired) electrons. The van der Waals surface area contributed by atoms with Gasteiger partial charge in [0.1, 0.15) is 24.3 Å². The van der Waals surface area contributed by atoms with Crippen molar-refractivity contribution in [3.8, 4) is 0 Å². The molecule has 0 aliphatic rings. The van der Waals surface area contributed by atoms with E-state index in [4.69, 9.17) is 0 Å². The number of carbonyl (C=O) groups is 1. The fraction of sp³-hybridized carbons (Fsp3) is 0.235. The van der Waals surface area contributed by atoms with E-state index in [1.807, 2.05) is 0 Å². The molecule has 0 aliphatic carbocycles. The molecule has 1 unspecified atom stereocenters. The molecule has 3 rings (SSSR count).